The van der Waals surface area contributed by atoms with Gasteiger partial charge in [0, 0.05) is 13.1 Å². The van der Waals surface area contributed by atoms with Gasteiger partial charge in [0.2, 0.25) is 0 Å². The first kappa shape index (κ1) is 10.4. The molecule has 0 spiro atoms. The van der Waals surface area contributed by atoms with Crippen molar-refractivity contribution in [1.82, 2.24) is 4.90 Å². The van der Waals surface area contributed by atoms with Gasteiger partial charge in [-0.2, -0.15) is 8.42 Å². The van der Waals surface area contributed by atoms with Gasteiger partial charge in [-0.3, -0.25) is 9.35 Å². The lowest BCUT2D eigenvalue weighted by molar-refractivity contribution is 0.217. The fraction of sp³-hybridized carbons (Fsp3) is 0.800. The van der Waals surface area contributed by atoms with Gasteiger partial charge in [-0.1, -0.05) is 0 Å². The monoisotopic (exact) mass is 181 g/mol. The predicted molar refractivity (Wildman–Crippen MR) is 39.8 cm³/mol. The number of carbonyl (C=O) groups is 1. The highest BCUT2D eigenvalue weighted by Gasteiger charge is 2.24. The zero-order valence-corrected chi connectivity index (χ0v) is 7.42. The molecule has 6 heteroatoms. The van der Waals surface area contributed by atoms with E-state index in [-0.39, 0.29) is 6.04 Å². The van der Waals surface area contributed by atoms with E-state index in [9.17, 15) is 13.2 Å². The summed E-state index contributed by atoms with van der Waals surface area (Å²) < 4.78 is 28.8. The van der Waals surface area contributed by atoms with Crippen LogP contribution < -0.4 is 0 Å². The molecule has 0 aromatic rings. The summed E-state index contributed by atoms with van der Waals surface area (Å²) in [6.45, 7) is 3.28. The molecule has 0 atom stereocenters. The van der Waals surface area contributed by atoms with Gasteiger partial charge in [0.1, 0.15) is 0 Å². The first-order valence-corrected chi connectivity index (χ1v) is 4.45. The summed E-state index contributed by atoms with van der Waals surface area (Å²) in [4.78, 5) is 11.6. The number of rotatable bonds is 1. The van der Waals surface area contributed by atoms with Crippen LogP contribution in [0.3, 0.4) is 0 Å². The summed E-state index contributed by atoms with van der Waals surface area (Å²) in [5.41, 5.74) is 0. The fourth-order valence-electron chi connectivity index (χ4n) is 0.393. The van der Waals surface area contributed by atoms with Crippen molar-refractivity contribution < 1.29 is 17.8 Å². The van der Waals surface area contributed by atoms with Gasteiger partial charge in [-0.25, -0.2) is 0 Å². The zero-order valence-electron chi connectivity index (χ0n) is 6.60. The Morgan fingerprint density at radius 3 is 1.91 bits per heavy atom. The summed E-state index contributed by atoms with van der Waals surface area (Å²) >= 11 is 0. The van der Waals surface area contributed by atoms with E-state index in [2.05, 4.69) is 0 Å². The number of hydrogen-bond acceptors (Lipinski definition) is 3. The third-order valence-corrected chi connectivity index (χ3v) is 2.01. The lowest BCUT2D eigenvalue weighted by atomic mass is 10.4. The van der Waals surface area contributed by atoms with Gasteiger partial charge < -0.3 is 4.90 Å². The van der Waals surface area contributed by atoms with Crippen LogP contribution in [0.4, 0.5) is 4.79 Å². The van der Waals surface area contributed by atoms with E-state index in [1.807, 2.05) is 0 Å². The Morgan fingerprint density at radius 2 is 1.82 bits per heavy atom. The smallest absolute Gasteiger partial charge is 0.328 e. The molecule has 0 saturated heterocycles. The van der Waals surface area contributed by atoms with E-state index in [1.165, 1.54) is 7.05 Å². The average molecular weight is 181 g/mol. The van der Waals surface area contributed by atoms with Crippen LogP contribution in [0.1, 0.15) is 13.8 Å². The molecule has 1 N–H and O–H groups in total. The van der Waals surface area contributed by atoms with Gasteiger partial charge in [-0.05, 0) is 13.8 Å². The minimum absolute atomic E-state index is 0.246. The normalized spacial score (nSPS) is 11.7. The first-order chi connectivity index (χ1) is 4.76. The highest BCUT2D eigenvalue weighted by Crippen LogP contribution is 2.00. The standard InChI is InChI=1S/C5H11NO4S/c1-4(2)6(3)5(7)11(8,9)10/h4H,1-3H3,(H,8,9,10). The second-order valence-corrected chi connectivity index (χ2v) is 3.75. The number of carbonyl (C=O) groups excluding carboxylic acids is 1. The fourth-order valence-corrected chi connectivity index (χ4v) is 0.968. The summed E-state index contributed by atoms with van der Waals surface area (Å²) in [6.07, 6.45) is 0. The Kier molecular flexibility index (Phi) is 3.01. The van der Waals surface area contributed by atoms with Gasteiger partial charge in [0.25, 0.3) is 0 Å². The van der Waals surface area contributed by atoms with E-state index in [0.29, 0.717) is 0 Å². The second kappa shape index (κ2) is 3.19. The SMILES string of the molecule is CC(C)N(C)C(=O)S(=O)(=O)O. The molecule has 0 unspecified atom stereocenters. The van der Waals surface area contributed by atoms with E-state index < -0.39 is 15.4 Å². The summed E-state index contributed by atoms with van der Waals surface area (Å²) in [5.74, 6) is 0. The van der Waals surface area contributed by atoms with Crippen molar-refractivity contribution in [2.45, 2.75) is 19.9 Å². The summed E-state index contributed by atoms with van der Waals surface area (Å²) in [7, 11) is -3.25. The lowest BCUT2D eigenvalue weighted by Gasteiger charge is -2.18. The van der Waals surface area contributed by atoms with E-state index in [1.54, 1.807) is 13.8 Å². The maximum absolute atomic E-state index is 10.7. The van der Waals surface area contributed by atoms with E-state index in [0.717, 1.165) is 4.90 Å². The Hall–Kier alpha value is -0.620. The van der Waals surface area contributed by atoms with Gasteiger partial charge in [0.05, 0.1) is 0 Å². The molecule has 0 radical (unpaired) electrons. The maximum atomic E-state index is 10.7. The molecule has 0 rings (SSSR count). The first-order valence-electron chi connectivity index (χ1n) is 3.01. The van der Waals surface area contributed by atoms with Crippen LogP contribution in [-0.4, -0.2) is 36.2 Å². The van der Waals surface area contributed by atoms with Gasteiger partial charge in [-0.15, -0.1) is 0 Å². The number of amides is 1. The molecule has 0 aliphatic heterocycles. The quantitative estimate of drug-likeness (QED) is 0.592. The van der Waals surface area contributed by atoms with Crippen LogP contribution in [0.5, 0.6) is 0 Å². The Morgan fingerprint density at radius 1 is 1.45 bits per heavy atom. The van der Waals surface area contributed by atoms with Crippen molar-refractivity contribution in [3.8, 4) is 0 Å². The molecule has 5 nitrogen and oxygen atoms in total. The average Bonchev–Trinajstić information content (AvgIpc) is 1.82. The number of hydrogen-bond donors (Lipinski definition) is 1. The van der Waals surface area contributed by atoms with Crippen molar-refractivity contribution >= 4 is 15.4 Å². The molecule has 0 aromatic carbocycles. The largest absolute Gasteiger partial charge is 0.366 e. The van der Waals surface area contributed by atoms with Crippen molar-refractivity contribution in [1.29, 1.82) is 0 Å². The molecule has 0 aliphatic carbocycles. The molecule has 11 heavy (non-hydrogen) atoms. The van der Waals surface area contributed by atoms with Crippen LogP contribution in [0.2, 0.25) is 0 Å². The third-order valence-electron chi connectivity index (χ3n) is 1.28. The van der Waals surface area contributed by atoms with Crippen LogP contribution in [-0.2, 0) is 10.1 Å². The minimum Gasteiger partial charge on any atom is -0.328 e. The van der Waals surface area contributed by atoms with E-state index >= 15 is 0 Å². The molecule has 0 heterocycles. The van der Waals surface area contributed by atoms with Crippen molar-refractivity contribution in [3.05, 3.63) is 0 Å². The molecule has 1 amide bonds. The molecule has 0 bridgehead atoms. The lowest BCUT2D eigenvalue weighted by Crippen LogP contribution is -2.36. The highest BCUT2D eigenvalue weighted by atomic mass is 32.2. The molecule has 0 aliphatic rings. The summed E-state index contributed by atoms with van der Waals surface area (Å²) in [6, 6.07) is -0.246. The van der Waals surface area contributed by atoms with Crippen LogP contribution in [0.15, 0.2) is 0 Å². The van der Waals surface area contributed by atoms with Gasteiger partial charge in [0.15, 0.2) is 0 Å². The highest BCUT2D eigenvalue weighted by molar-refractivity contribution is 8.01. The van der Waals surface area contributed by atoms with Gasteiger partial charge >= 0.3 is 15.4 Å². The predicted octanol–water partition coefficient (Wildman–Crippen LogP) is 0.334. The topological polar surface area (TPSA) is 74.7 Å². The Labute approximate surface area is 65.7 Å². The minimum atomic E-state index is -4.56. The van der Waals surface area contributed by atoms with Crippen molar-refractivity contribution in [2.75, 3.05) is 7.05 Å². The van der Waals surface area contributed by atoms with Crippen molar-refractivity contribution in [3.63, 3.8) is 0 Å². The number of nitrogens with zero attached hydrogens (tertiary/aromatic N) is 1. The Balaban J connectivity index is 4.53. The van der Waals surface area contributed by atoms with Crippen LogP contribution in [0, 0.1) is 0 Å². The molecular weight excluding hydrogens is 170 g/mol. The van der Waals surface area contributed by atoms with Crippen LogP contribution >= 0.6 is 0 Å². The third kappa shape index (κ3) is 2.85. The van der Waals surface area contributed by atoms with Crippen molar-refractivity contribution in [2.24, 2.45) is 0 Å². The Bertz CT molecular complexity index is 243. The molecule has 0 saturated carbocycles. The zero-order chi connectivity index (χ0) is 9.23. The molecule has 0 aromatic heterocycles. The molecule has 0 fully saturated rings. The molecule has 66 valence electrons. The maximum Gasteiger partial charge on any atom is 0.366 e. The molecular formula is C5H11NO4S. The summed E-state index contributed by atoms with van der Waals surface area (Å²) in [5, 5.41) is -1.27. The van der Waals surface area contributed by atoms with Crippen LogP contribution in [0.25, 0.3) is 0 Å². The second-order valence-electron chi connectivity index (χ2n) is 2.45. The van der Waals surface area contributed by atoms with E-state index in [4.69, 9.17) is 4.55 Å².